The Balaban J connectivity index is 1.75. The highest BCUT2D eigenvalue weighted by Gasteiger charge is 2.30. The lowest BCUT2D eigenvalue weighted by Crippen LogP contribution is -2.42. The van der Waals surface area contributed by atoms with Gasteiger partial charge in [-0.05, 0) is 32.6 Å². The summed E-state index contributed by atoms with van der Waals surface area (Å²) in [4.78, 5) is 20.6. The summed E-state index contributed by atoms with van der Waals surface area (Å²) in [7, 11) is -3.76. The van der Waals surface area contributed by atoms with E-state index in [1.54, 1.807) is 6.92 Å². The van der Waals surface area contributed by atoms with Crippen LogP contribution in [0.4, 0.5) is 0 Å². The van der Waals surface area contributed by atoms with Crippen molar-refractivity contribution in [2.45, 2.75) is 38.5 Å². The Hall–Kier alpha value is -1.54. The number of carbonyl (C=O) groups is 1. The summed E-state index contributed by atoms with van der Waals surface area (Å²) >= 11 is 0. The van der Waals surface area contributed by atoms with Gasteiger partial charge in [0, 0.05) is 25.2 Å². The molecule has 3 rings (SSSR count). The molecule has 114 valence electrons. The normalized spacial score (nSPS) is 19.7. The average molecular weight is 310 g/mol. The first kappa shape index (κ1) is 14.4. The van der Waals surface area contributed by atoms with Gasteiger partial charge in [0.2, 0.25) is 0 Å². The second-order valence-corrected chi connectivity index (χ2v) is 7.21. The van der Waals surface area contributed by atoms with Crippen LogP contribution in [-0.2, 0) is 10.2 Å². The molecule has 0 bridgehead atoms. The third-order valence-corrected chi connectivity index (χ3v) is 5.30. The van der Waals surface area contributed by atoms with Gasteiger partial charge >= 0.3 is 10.2 Å². The van der Waals surface area contributed by atoms with Gasteiger partial charge in [-0.25, -0.2) is 14.7 Å². The second kappa shape index (κ2) is 5.34. The Labute approximate surface area is 124 Å². The van der Waals surface area contributed by atoms with Crippen molar-refractivity contribution >= 4 is 16.1 Å². The monoisotopic (exact) mass is 310 g/mol. The first-order valence-electron chi connectivity index (χ1n) is 7.13. The SMILES string of the molecule is Cc1nc(C2CC2)ncc1C(=O)NS(=O)(=O)N1CCCC1. The molecule has 1 saturated carbocycles. The van der Waals surface area contributed by atoms with E-state index in [-0.39, 0.29) is 5.56 Å². The maximum Gasteiger partial charge on any atom is 0.304 e. The Morgan fingerprint density at radius 1 is 1.33 bits per heavy atom. The summed E-state index contributed by atoms with van der Waals surface area (Å²) in [5, 5.41) is 0. The minimum atomic E-state index is -3.76. The van der Waals surface area contributed by atoms with Gasteiger partial charge in [-0.3, -0.25) is 4.79 Å². The van der Waals surface area contributed by atoms with Crippen LogP contribution in [0.1, 0.15) is 53.5 Å². The lowest BCUT2D eigenvalue weighted by molar-refractivity contribution is 0.0978. The zero-order valence-corrected chi connectivity index (χ0v) is 12.7. The highest BCUT2D eigenvalue weighted by Crippen LogP contribution is 2.37. The average Bonchev–Trinajstić information content (AvgIpc) is 3.11. The smallest absolute Gasteiger partial charge is 0.268 e. The molecule has 1 aromatic rings. The molecular formula is C13H18N4O3S. The van der Waals surface area contributed by atoms with E-state index in [2.05, 4.69) is 14.7 Å². The van der Waals surface area contributed by atoms with Crippen LogP contribution < -0.4 is 4.72 Å². The zero-order chi connectivity index (χ0) is 15.0. The minimum Gasteiger partial charge on any atom is -0.268 e. The van der Waals surface area contributed by atoms with Crippen LogP contribution in [0.2, 0.25) is 0 Å². The van der Waals surface area contributed by atoms with Gasteiger partial charge in [0.25, 0.3) is 5.91 Å². The molecule has 0 aromatic carbocycles. The highest BCUT2D eigenvalue weighted by atomic mass is 32.2. The molecule has 1 aliphatic heterocycles. The molecule has 21 heavy (non-hydrogen) atoms. The van der Waals surface area contributed by atoms with Crippen LogP contribution in [0, 0.1) is 6.92 Å². The Morgan fingerprint density at radius 3 is 2.57 bits per heavy atom. The number of carbonyl (C=O) groups excluding carboxylic acids is 1. The van der Waals surface area contributed by atoms with Crippen LogP contribution in [0.15, 0.2) is 6.20 Å². The maximum absolute atomic E-state index is 12.1. The van der Waals surface area contributed by atoms with Crippen molar-refractivity contribution in [2.24, 2.45) is 0 Å². The molecule has 1 aromatic heterocycles. The molecular weight excluding hydrogens is 292 g/mol. The minimum absolute atomic E-state index is 0.210. The molecule has 0 unspecified atom stereocenters. The predicted octanol–water partition coefficient (Wildman–Crippen LogP) is 0.733. The van der Waals surface area contributed by atoms with Gasteiger partial charge in [-0.1, -0.05) is 0 Å². The van der Waals surface area contributed by atoms with E-state index < -0.39 is 16.1 Å². The second-order valence-electron chi connectivity index (χ2n) is 5.54. The van der Waals surface area contributed by atoms with E-state index in [1.165, 1.54) is 10.5 Å². The first-order valence-corrected chi connectivity index (χ1v) is 8.57. The Bertz CT molecular complexity index is 664. The largest absolute Gasteiger partial charge is 0.304 e. The molecule has 2 fully saturated rings. The summed E-state index contributed by atoms with van der Waals surface area (Å²) in [6, 6.07) is 0. The van der Waals surface area contributed by atoms with Crippen molar-refractivity contribution in [1.29, 1.82) is 0 Å². The number of rotatable bonds is 4. The molecule has 1 aliphatic carbocycles. The van der Waals surface area contributed by atoms with Gasteiger partial charge in [0.05, 0.1) is 11.3 Å². The van der Waals surface area contributed by atoms with Crippen molar-refractivity contribution in [3.63, 3.8) is 0 Å². The van der Waals surface area contributed by atoms with E-state index in [0.717, 1.165) is 31.5 Å². The Kier molecular flexibility index (Phi) is 3.66. The van der Waals surface area contributed by atoms with Crippen LogP contribution in [0.5, 0.6) is 0 Å². The molecule has 1 N–H and O–H groups in total. The topological polar surface area (TPSA) is 92.3 Å². The first-order chi connectivity index (χ1) is 9.97. The molecule has 0 atom stereocenters. The molecule has 1 saturated heterocycles. The number of amides is 1. The van der Waals surface area contributed by atoms with Crippen molar-refractivity contribution in [3.05, 3.63) is 23.3 Å². The highest BCUT2D eigenvalue weighted by molar-refractivity contribution is 7.87. The third-order valence-electron chi connectivity index (χ3n) is 3.81. The third kappa shape index (κ3) is 3.06. The van der Waals surface area contributed by atoms with Crippen molar-refractivity contribution < 1.29 is 13.2 Å². The molecule has 7 nitrogen and oxygen atoms in total. The summed E-state index contributed by atoms with van der Waals surface area (Å²) in [6.07, 6.45) is 5.23. The van der Waals surface area contributed by atoms with Crippen molar-refractivity contribution in [1.82, 2.24) is 19.0 Å². The van der Waals surface area contributed by atoms with Gasteiger partial charge in [-0.15, -0.1) is 0 Å². The van der Waals surface area contributed by atoms with E-state index in [1.807, 2.05) is 0 Å². The summed E-state index contributed by atoms with van der Waals surface area (Å²) < 4.78 is 27.5. The standard InChI is InChI=1S/C13H18N4O3S/c1-9-11(8-14-12(15-9)10-4-5-10)13(18)16-21(19,20)17-6-2-3-7-17/h8,10H,2-7H2,1H3,(H,16,18). The van der Waals surface area contributed by atoms with E-state index in [4.69, 9.17) is 0 Å². The zero-order valence-electron chi connectivity index (χ0n) is 11.9. The quantitative estimate of drug-likeness (QED) is 0.885. The van der Waals surface area contributed by atoms with Crippen molar-refractivity contribution in [2.75, 3.05) is 13.1 Å². The van der Waals surface area contributed by atoms with Crippen LogP contribution >= 0.6 is 0 Å². The van der Waals surface area contributed by atoms with Gasteiger partial charge in [0.15, 0.2) is 0 Å². The molecule has 8 heteroatoms. The van der Waals surface area contributed by atoms with Gasteiger partial charge in [-0.2, -0.15) is 12.7 Å². The maximum atomic E-state index is 12.1. The number of aryl methyl sites for hydroxylation is 1. The Morgan fingerprint density at radius 2 is 2.00 bits per heavy atom. The molecule has 0 spiro atoms. The fraction of sp³-hybridized carbons (Fsp3) is 0.615. The lowest BCUT2D eigenvalue weighted by atomic mass is 10.2. The molecule has 2 heterocycles. The number of nitrogens with one attached hydrogen (secondary N) is 1. The summed E-state index contributed by atoms with van der Waals surface area (Å²) in [5.74, 6) is 0.474. The fourth-order valence-electron chi connectivity index (χ4n) is 2.41. The summed E-state index contributed by atoms with van der Waals surface area (Å²) in [5.41, 5.74) is 0.725. The van der Waals surface area contributed by atoms with E-state index >= 15 is 0 Å². The molecule has 2 aliphatic rings. The predicted molar refractivity (Wildman–Crippen MR) is 75.9 cm³/mol. The number of aromatic nitrogens is 2. The van der Waals surface area contributed by atoms with Crippen LogP contribution in [0.3, 0.4) is 0 Å². The van der Waals surface area contributed by atoms with E-state index in [0.29, 0.717) is 24.7 Å². The van der Waals surface area contributed by atoms with Gasteiger partial charge in [0.1, 0.15) is 5.82 Å². The molecule has 0 radical (unpaired) electrons. The number of hydrogen-bond donors (Lipinski definition) is 1. The van der Waals surface area contributed by atoms with Gasteiger partial charge < -0.3 is 0 Å². The summed E-state index contributed by atoms with van der Waals surface area (Å²) in [6.45, 7) is 2.61. The number of hydrogen-bond acceptors (Lipinski definition) is 5. The van der Waals surface area contributed by atoms with Crippen LogP contribution in [-0.4, -0.2) is 41.7 Å². The number of nitrogens with zero attached hydrogens (tertiary/aromatic N) is 3. The van der Waals surface area contributed by atoms with E-state index in [9.17, 15) is 13.2 Å². The molecule has 1 amide bonds. The lowest BCUT2D eigenvalue weighted by Gasteiger charge is -2.16. The van der Waals surface area contributed by atoms with Crippen molar-refractivity contribution in [3.8, 4) is 0 Å². The van der Waals surface area contributed by atoms with Crippen LogP contribution in [0.25, 0.3) is 0 Å². The fourth-order valence-corrected chi connectivity index (χ4v) is 3.62.